The minimum Gasteiger partial charge on any atom is -0.352 e. The van der Waals surface area contributed by atoms with Crippen molar-refractivity contribution in [2.24, 2.45) is 5.73 Å². The van der Waals surface area contributed by atoms with Crippen LogP contribution in [0.3, 0.4) is 0 Å². The van der Waals surface area contributed by atoms with E-state index in [1.54, 1.807) is 17.7 Å². The molecule has 1 fully saturated rings. The third-order valence-electron chi connectivity index (χ3n) is 2.64. The standard InChI is InChI=1S/C10H12N4S/c1-10(11)4-14(5-10)8-7-2-3-15-9(7)13-6-12-8/h2-3,6H,4-5,11H2,1H3. The van der Waals surface area contributed by atoms with Gasteiger partial charge < -0.3 is 10.6 Å². The number of nitrogens with two attached hydrogens (primary N) is 1. The predicted molar refractivity (Wildman–Crippen MR) is 62.2 cm³/mol. The van der Waals surface area contributed by atoms with E-state index in [-0.39, 0.29) is 5.54 Å². The van der Waals surface area contributed by atoms with Crippen LogP contribution in [0.1, 0.15) is 6.92 Å². The lowest BCUT2D eigenvalue weighted by atomic mass is 9.94. The number of rotatable bonds is 1. The van der Waals surface area contributed by atoms with E-state index >= 15 is 0 Å². The Morgan fingerprint density at radius 3 is 3.00 bits per heavy atom. The molecule has 5 heteroatoms. The zero-order chi connectivity index (χ0) is 10.5. The molecule has 0 saturated carbocycles. The zero-order valence-corrected chi connectivity index (χ0v) is 9.29. The van der Waals surface area contributed by atoms with Crippen molar-refractivity contribution in [1.82, 2.24) is 9.97 Å². The normalized spacial score (nSPS) is 19.2. The summed E-state index contributed by atoms with van der Waals surface area (Å²) >= 11 is 1.64. The van der Waals surface area contributed by atoms with Crippen molar-refractivity contribution in [1.29, 1.82) is 0 Å². The van der Waals surface area contributed by atoms with E-state index in [1.807, 2.05) is 5.38 Å². The molecule has 4 nitrogen and oxygen atoms in total. The van der Waals surface area contributed by atoms with E-state index in [4.69, 9.17) is 5.73 Å². The summed E-state index contributed by atoms with van der Waals surface area (Å²) in [5, 5.41) is 3.18. The van der Waals surface area contributed by atoms with Gasteiger partial charge in [-0.25, -0.2) is 9.97 Å². The lowest BCUT2D eigenvalue weighted by Gasteiger charge is -2.46. The number of fused-ring (bicyclic) bond motifs is 1. The summed E-state index contributed by atoms with van der Waals surface area (Å²) in [7, 11) is 0. The smallest absolute Gasteiger partial charge is 0.140 e. The summed E-state index contributed by atoms with van der Waals surface area (Å²) in [6.07, 6.45) is 1.63. The molecule has 0 aromatic carbocycles. The van der Waals surface area contributed by atoms with Crippen molar-refractivity contribution < 1.29 is 0 Å². The molecule has 0 radical (unpaired) electrons. The molecular formula is C10H12N4S. The lowest BCUT2D eigenvalue weighted by molar-refractivity contribution is 0.363. The van der Waals surface area contributed by atoms with Gasteiger partial charge in [0.15, 0.2) is 0 Å². The highest BCUT2D eigenvalue weighted by atomic mass is 32.1. The predicted octanol–water partition coefficient (Wildman–Crippen LogP) is 1.23. The van der Waals surface area contributed by atoms with Crippen LogP contribution in [0, 0.1) is 0 Å². The fourth-order valence-corrected chi connectivity index (χ4v) is 2.73. The summed E-state index contributed by atoms with van der Waals surface area (Å²) in [5.41, 5.74) is 5.92. The first-order valence-corrected chi connectivity index (χ1v) is 5.76. The van der Waals surface area contributed by atoms with E-state index < -0.39 is 0 Å². The topological polar surface area (TPSA) is 55.0 Å². The highest BCUT2D eigenvalue weighted by Gasteiger charge is 2.36. The Labute approximate surface area is 91.7 Å². The average molecular weight is 220 g/mol. The maximum atomic E-state index is 5.99. The zero-order valence-electron chi connectivity index (χ0n) is 8.47. The van der Waals surface area contributed by atoms with Gasteiger partial charge in [-0.05, 0) is 18.4 Å². The second kappa shape index (κ2) is 2.90. The van der Waals surface area contributed by atoms with Crippen LogP contribution in [0.25, 0.3) is 10.2 Å². The van der Waals surface area contributed by atoms with Gasteiger partial charge in [0, 0.05) is 18.6 Å². The molecule has 15 heavy (non-hydrogen) atoms. The van der Waals surface area contributed by atoms with Gasteiger partial charge in [0.25, 0.3) is 0 Å². The molecule has 0 unspecified atom stereocenters. The number of hydrogen-bond donors (Lipinski definition) is 1. The summed E-state index contributed by atoms with van der Waals surface area (Å²) in [6, 6.07) is 2.07. The molecule has 3 rings (SSSR count). The van der Waals surface area contributed by atoms with Crippen molar-refractivity contribution in [3.05, 3.63) is 17.8 Å². The number of hydrogen-bond acceptors (Lipinski definition) is 5. The summed E-state index contributed by atoms with van der Waals surface area (Å²) in [6.45, 7) is 3.80. The molecule has 0 spiro atoms. The Morgan fingerprint density at radius 2 is 2.27 bits per heavy atom. The SMILES string of the molecule is CC1(N)CN(c2ncnc3sccc23)C1. The molecule has 1 saturated heterocycles. The minimum absolute atomic E-state index is 0.0622. The first kappa shape index (κ1) is 9.06. The summed E-state index contributed by atoms with van der Waals surface area (Å²) < 4.78 is 0. The second-order valence-electron chi connectivity index (χ2n) is 4.35. The van der Waals surface area contributed by atoms with E-state index in [9.17, 15) is 0 Å². The van der Waals surface area contributed by atoms with Gasteiger partial charge in [0.05, 0.1) is 5.39 Å². The largest absolute Gasteiger partial charge is 0.352 e. The molecule has 78 valence electrons. The molecule has 0 bridgehead atoms. The Balaban J connectivity index is 2.02. The molecule has 3 heterocycles. The highest BCUT2D eigenvalue weighted by Crippen LogP contribution is 2.31. The summed E-state index contributed by atoms with van der Waals surface area (Å²) in [4.78, 5) is 11.8. The van der Waals surface area contributed by atoms with Crippen LogP contribution >= 0.6 is 11.3 Å². The van der Waals surface area contributed by atoms with E-state index in [0.717, 1.165) is 29.1 Å². The molecule has 1 aliphatic heterocycles. The molecule has 0 amide bonds. The minimum atomic E-state index is -0.0622. The molecule has 0 atom stereocenters. The molecule has 0 aliphatic carbocycles. The summed E-state index contributed by atoms with van der Waals surface area (Å²) in [5.74, 6) is 1.02. The van der Waals surface area contributed by atoms with Gasteiger partial charge in [-0.3, -0.25) is 0 Å². The first-order valence-electron chi connectivity index (χ1n) is 4.88. The molecule has 2 N–H and O–H groups in total. The Bertz CT molecular complexity index is 497. The van der Waals surface area contributed by atoms with Gasteiger partial charge in [0.1, 0.15) is 17.0 Å². The van der Waals surface area contributed by atoms with Crippen LogP contribution in [-0.4, -0.2) is 28.6 Å². The molecular weight excluding hydrogens is 208 g/mol. The van der Waals surface area contributed by atoms with Gasteiger partial charge in [-0.15, -0.1) is 11.3 Å². The fraction of sp³-hybridized carbons (Fsp3) is 0.400. The van der Waals surface area contributed by atoms with Gasteiger partial charge in [-0.2, -0.15) is 0 Å². The Morgan fingerprint density at radius 1 is 1.47 bits per heavy atom. The van der Waals surface area contributed by atoms with Crippen LogP contribution in [0.4, 0.5) is 5.82 Å². The number of anilines is 1. The van der Waals surface area contributed by atoms with Crippen molar-refractivity contribution in [3.63, 3.8) is 0 Å². The van der Waals surface area contributed by atoms with Crippen LogP contribution in [0.15, 0.2) is 17.8 Å². The van der Waals surface area contributed by atoms with Crippen LogP contribution in [0.2, 0.25) is 0 Å². The number of nitrogens with zero attached hydrogens (tertiary/aromatic N) is 3. The fourth-order valence-electron chi connectivity index (χ4n) is 2.00. The quantitative estimate of drug-likeness (QED) is 0.785. The third kappa shape index (κ3) is 1.39. The van der Waals surface area contributed by atoms with Crippen LogP contribution in [-0.2, 0) is 0 Å². The van der Waals surface area contributed by atoms with Crippen LogP contribution < -0.4 is 10.6 Å². The molecule has 1 aliphatic rings. The van der Waals surface area contributed by atoms with E-state index in [0.29, 0.717) is 0 Å². The van der Waals surface area contributed by atoms with Gasteiger partial charge in [0.2, 0.25) is 0 Å². The van der Waals surface area contributed by atoms with Gasteiger partial charge >= 0.3 is 0 Å². The number of thiophene rings is 1. The second-order valence-corrected chi connectivity index (χ2v) is 5.24. The average Bonchev–Trinajstić information content (AvgIpc) is 2.60. The highest BCUT2D eigenvalue weighted by molar-refractivity contribution is 7.16. The number of aromatic nitrogens is 2. The molecule has 2 aromatic rings. The lowest BCUT2D eigenvalue weighted by Crippen LogP contribution is -2.65. The van der Waals surface area contributed by atoms with Gasteiger partial charge in [-0.1, -0.05) is 0 Å². The van der Waals surface area contributed by atoms with Crippen molar-refractivity contribution in [2.75, 3.05) is 18.0 Å². The van der Waals surface area contributed by atoms with Crippen molar-refractivity contribution >= 4 is 27.4 Å². The molecule has 2 aromatic heterocycles. The maximum absolute atomic E-state index is 5.99. The van der Waals surface area contributed by atoms with Crippen molar-refractivity contribution in [2.45, 2.75) is 12.5 Å². The van der Waals surface area contributed by atoms with Crippen molar-refractivity contribution in [3.8, 4) is 0 Å². The maximum Gasteiger partial charge on any atom is 0.140 e. The third-order valence-corrected chi connectivity index (χ3v) is 3.47. The van der Waals surface area contributed by atoms with Crippen LogP contribution in [0.5, 0.6) is 0 Å². The Kier molecular flexibility index (Phi) is 1.75. The first-order chi connectivity index (χ1) is 7.16. The Hall–Kier alpha value is -1.20. The van der Waals surface area contributed by atoms with E-state index in [1.165, 1.54) is 0 Å². The monoisotopic (exact) mass is 220 g/mol. The van der Waals surface area contributed by atoms with E-state index in [2.05, 4.69) is 27.9 Å².